The summed E-state index contributed by atoms with van der Waals surface area (Å²) < 4.78 is 27.6. The molecule has 0 aliphatic rings. The normalized spacial score (nSPS) is 11.8. The largest absolute Gasteiger partial charge is 0.458 e. The smallest absolute Gasteiger partial charge is 0.417 e. The lowest BCUT2D eigenvalue weighted by Gasteiger charge is -2.10. The van der Waals surface area contributed by atoms with Gasteiger partial charge in [-0.15, -0.1) is 0 Å². The predicted molar refractivity (Wildman–Crippen MR) is 32.0 cm³/mol. The molecule has 10 heavy (non-hydrogen) atoms. The third-order valence-corrected chi connectivity index (χ3v) is 0.728. The van der Waals surface area contributed by atoms with Crippen LogP contribution in [0.5, 0.6) is 0 Å². The summed E-state index contributed by atoms with van der Waals surface area (Å²) in [5, 5.41) is -3.90. The second kappa shape index (κ2) is 3.14. The first kappa shape index (κ1) is 9.62. The molecule has 60 valence electrons. The third kappa shape index (κ3) is 3.61. The number of carbonyl (C=O) groups is 1. The van der Waals surface area contributed by atoms with Crippen molar-refractivity contribution in [3.63, 3.8) is 0 Å². The number of rotatable bonds is 2. The van der Waals surface area contributed by atoms with E-state index in [1.165, 1.54) is 13.8 Å². The molecule has 0 N–H and O–H groups in total. The van der Waals surface area contributed by atoms with Crippen molar-refractivity contribution in [2.75, 3.05) is 0 Å². The van der Waals surface area contributed by atoms with Crippen LogP contribution in [0.15, 0.2) is 0 Å². The lowest BCUT2D eigenvalue weighted by Crippen LogP contribution is -2.26. The molecular formula is C5H7ClF2O2. The molecule has 0 atom stereocenters. The second-order valence-corrected chi connectivity index (χ2v) is 2.43. The number of carbonyl (C=O) groups excluding carboxylic acids is 1. The topological polar surface area (TPSA) is 26.3 Å². The maximum atomic E-state index is 11.8. The number of hydrogen-bond acceptors (Lipinski definition) is 2. The van der Waals surface area contributed by atoms with E-state index in [2.05, 4.69) is 16.3 Å². The monoisotopic (exact) mass is 172 g/mol. The molecule has 0 saturated carbocycles. The SMILES string of the molecule is CC(C)OC(=O)C(F)(F)Cl. The van der Waals surface area contributed by atoms with Crippen LogP contribution >= 0.6 is 11.6 Å². The summed E-state index contributed by atoms with van der Waals surface area (Å²) in [6.45, 7) is 2.92. The van der Waals surface area contributed by atoms with Crippen molar-refractivity contribution in [1.29, 1.82) is 0 Å². The molecule has 0 unspecified atom stereocenters. The highest BCUT2D eigenvalue weighted by atomic mass is 35.5. The standard InChI is InChI=1S/C5H7ClF2O2/c1-3(2)10-4(9)5(6,7)8/h3H,1-2H3. The van der Waals surface area contributed by atoms with Crippen LogP contribution in [0.3, 0.4) is 0 Å². The highest BCUT2D eigenvalue weighted by Crippen LogP contribution is 2.20. The van der Waals surface area contributed by atoms with Gasteiger partial charge in [0.25, 0.3) is 0 Å². The van der Waals surface area contributed by atoms with Gasteiger partial charge in [-0.2, -0.15) is 8.78 Å². The maximum absolute atomic E-state index is 11.8. The molecule has 0 aromatic rings. The Kier molecular flexibility index (Phi) is 3.02. The summed E-state index contributed by atoms with van der Waals surface area (Å²) in [6, 6.07) is 0. The van der Waals surface area contributed by atoms with Gasteiger partial charge in [-0.1, -0.05) is 0 Å². The van der Waals surface area contributed by atoms with E-state index < -0.39 is 17.5 Å². The Morgan fingerprint density at radius 3 is 2.10 bits per heavy atom. The number of alkyl halides is 3. The third-order valence-electron chi connectivity index (χ3n) is 0.574. The first-order valence-electron chi connectivity index (χ1n) is 2.62. The van der Waals surface area contributed by atoms with Crippen LogP contribution in [0.2, 0.25) is 0 Å². The van der Waals surface area contributed by atoms with E-state index in [-0.39, 0.29) is 0 Å². The van der Waals surface area contributed by atoms with Crippen LogP contribution in [0.25, 0.3) is 0 Å². The van der Waals surface area contributed by atoms with Gasteiger partial charge in [0.05, 0.1) is 6.10 Å². The van der Waals surface area contributed by atoms with E-state index in [1.54, 1.807) is 0 Å². The van der Waals surface area contributed by atoms with Crippen molar-refractivity contribution in [1.82, 2.24) is 0 Å². The van der Waals surface area contributed by atoms with E-state index in [0.29, 0.717) is 0 Å². The molecule has 0 amide bonds. The summed E-state index contributed by atoms with van der Waals surface area (Å²) >= 11 is 4.32. The predicted octanol–water partition coefficient (Wildman–Crippen LogP) is 1.77. The molecule has 0 aliphatic heterocycles. The van der Waals surface area contributed by atoms with Crippen LogP contribution in [-0.2, 0) is 9.53 Å². The molecule has 0 bridgehead atoms. The minimum atomic E-state index is -3.90. The van der Waals surface area contributed by atoms with E-state index in [9.17, 15) is 13.6 Å². The number of ether oxygens (including phenoxy) is 1. The van der Waals surface area contributed by atoms with Crippen LogP contribution in [0, 0.1) is 0 Å². The fourth-order valence-electron chi connectivity index (χ4n) is 0.281. The van der Waals surface area contributed by atoms with Gasteiger partial charge in [0.1, 0.15) is 0 Å². The molecule has 0 aromatic carbocycles. The van der Waals surface area contributed by atoms with Crippen LogP contribution in [0.4, 0.5) is 8.78 Å². The zero-order valence-corrected chi connectivity index (χ0v) is 6.28. The summed E-state index contributed by atoms with van der Waals surface area (Å²) in [4.78, 5) is 10.2. The Balaban J connectivity index is 3.87. The average molecular weight is 173 g/mol. The van der Waals surface area contributed by atoms with Crippen molar-refractivity contribution in [2.24, 2.45) is 0 Å². The fraction of sp³-hybridized carbons (Fsp3) is 0.800. The van der Waals surface area contributed by atoms with Crippen molar-refractivity contribution in [3.8, 4) is 0 Å². The lowest BCUT2D eigenvalue weighted by molar-refractivity contribution is -0.164. The van der Waals surface area contributed by atoms with Gasteiger partial charge in [-0.05, 0) is 25.4 Å². The second-order valence-electron chi connectivity index (χ2n) is 1.95. The van der Waals surface area contributed by atoms with E-state index in [1.807, 2.05) is 0 Å². The first-order chi connectivity index (χ1) is 4.34. The van der Waals surface area contributed by atoms with Crippen LogP contribution < -0.4 is 0 Å². The molecule has 0 rings (SSSR count). The molecule has 2 nitrogen and oxygen atoms in total. The molecular weight excluding hydrogens is 166 g/mol. The maximum Gasteiger partial charge on any atom is 0.417 e. The summed E-state index contributed by atoms with van der Waals surface area (Å²) in [5.41, 5.74) is 0. The number of hydrogen-bond donors (Lipinski definition) is 0. The molecule has 0 aromatic heterocycles. The van der Waals surface area contributed by atoms with Crippen molar-refractivity contribution >= 4 is 17.6 Å². The Bertz CT molecular complexity index is 130. The quantitative estimate of drug-likeness (QED) is 0.469. The van der Waals surface area contributed by atoms with Crippen molar-refractivity contribution in [3.05, 3.63) is 0 Å². The molecule has 0 fully saturated rings. The van der Waals surface area contributed by atoms with Gasteiger partial charge >= 0.3 is 11.4 Å². The molecule has 0 spiro atoms. The van der Waals surface area contributed by atoms with Gasteiger partial charge < -0.3 is 4.74 Å². The van der Waals surface area contributed by atoms with E-state index in [0.717, 1.165) is 0 Å². The Morgan fingerprint density at radius 2 is 2.00 bits per heavy atom. The lowest BCUT2D eigenvalue weighted by atomic mass is 10.5. The van der Waals surface area contributed by atoms with Gasteiger partial charge in [-0.3, -0.25) is 0 Å². The minimum Gasteiger partial charge on any atom is -0.458 e. The Morgan fingerprint density at radius 1 is 1.60 bits per heavy atom. The number of esters is 1. The van der Waals surface area contributed by atoms with Gasteiger partial charge in [-0.25, -0.2) is 4.79 Å². The first-order valence-corrected chi connectivity index (χ1v) is 2.99. The molecule has 0 aliphatic carbocycles. The molecule has 0 heterocycles. The number of halogens is 3. The summed E-state index contributed by atoms with van der Waals surface area (Å²) in [7, 11) is 0. The molecule has 5 heteroatoms. The van der Waals surface area contributed by atoms with Gasteiger partial charge in [0.2, 0.25) is 0 Å². The summed E-state index contributed by atoms with van der Waals surface area (Å²) in [5.74, 6) is -1.70. The molecule has 0 saturated heterocycles. The highest BCUT2D eigenvalue weighted by molar-refractivity contribution is 6.31. The average Bonchev–Trinajstić information content (AvgIpc) is 1.60. The zero-order valence-electron chi connectivity index (χ0n) is 5.53. The summed E-state index contributed by atoms with van der Waals surface area (Å²) in [6.07, 6.45) is -0.572. The Hall–Kier alpha value is -0.380. The fourth-order valence-corrected chi connectivity index (χ4v) is 0.325. The van der Waals surface area contributed by atoms with Crippen LogP contribution in [-0.4, -0.2) is 17.5 Å². The Labute approximate surface area is 62.1 Å². The van der Waals surface area contributed by atoms with E-state index >= 15 is 0 Å². The van der Waals surface area contributed by atoms with Crippen molar-refractivity contribution in [2.45, 2.75) is 25.3 Å². The van der Waals surface area contributed by atoms with Crippen molar-refractivity contribution < 1.29 is 18.3 Å². The van der Waals surface area contributed by atoms with Gasteiger partial charge in [0, 0.05) is 0 Å². The molecule has 0 radical (unpaired) electrons. The highest BCUT2D eigenvalue weighted by Gasteiger charge is 2.38. The van der Waals surface area contributed by atoms with E-state index in [4.69, 9.17) is 0 Å². The van der Waals surface area contributed by atoms with Crippen LogP contribution in [0.1, 0.15) is 13.8 Å². The minimum absolute atomic E-state index is 0.572. The zero-order chi connectivity index (χ0) is 8.36. The van der Waals surface area contributed by atoms with Gasteiger partial charge in [0.15, 0.2) is 0 Å².